The van der Waals surface area contributed by atoms with Crippen LogP contribution < -0.4 is 27.8 Å². The highest BCUT2D eigenvalue weighted by atomic mass is 16.7. The predicted molar refractivity (Wildman–Crippen MR) is 120 cm³/mol. The van der Waals surface area contributed by atoms with Crippen molar-refractivity contribution in [3.63, 3.8) is 0 Å². The quantitative estimate of drug-likeness (QED) is 0.182. The Morgan fingerprint density at radius 2 is 1.58 bits per heavy atom. The maximum atomic E-state index is 11.1. The number of hydrogen-bond donors (Lipinski definition) is 8. The smallest absolute Gasteiger partial charge is 0.185 e. The van der Waals surface area contributed by atoms with Crippen molar-refractivity contribution in [3.8, 4) is 0 Å². The van der Waals surface area contributed by atoms with Gasteiger partial charge >= 0.3 is 0 Å². The molecule has 0 spiro atoms. The molecule has 1 aliphatic carbocycles. The van der Waals surface area contributed by atoms with E-state index in [2.05, 4.69) is 10.6 Å². The van der Waals surface area contributed by atoms with Crippen LogP contribution in [0.3, 0.4) is 0 Å². The van der Waals surface area contributed by atoms with Crippen LogP contribution in [0.15, 0.2) is 0 Å². The van der Waals surface area contributed by atoms with Gasteiger partial charge in [0.25, 0.3) is 0 Å². The molecule has 12 heteroatoms. The van der Waals surface area contributed by atoms with Gasteiger partial charge in [-0.1, -0.05) is 0 Å². The minimum absolute atomic E-state index is 0.0620. The zero-order valence-electron chi connectivity index (χ0n) is 20.0. The molecule has 0 aromatic heterocycles. The van der Waals surface area contributed by atoms with Crippen molar-refractivity contribution in [1.82, 2.24) is 10.6 Å². The van der Waals surface area contributed by atoms with Crippen molar-refractivity contribution in [3.05, 3.63) is 0 Å². The van der Waals surface area contributed by atoms with Gasteiger partial charge in [-0.05, 0) is 47.2 Å². The number of nitrogens with one attached hydrogen (secondary N) is 2. The fourth-order valence-electron chi connectivity index (χ4n) is 5.04. The van der Waals surface area contributed by atoms with E-state index in [0.717, 1.165) is 6.42 Å². The highest BCUT2D eigenvalue weighted by molar-refractivity contribution is 5.02. The number of ether oxygens (including phenoxy) is 4. The molecule has 2 saturated heterocycles. The maximum Gasteiger partial charge on any atom is 0.185 e. The Kier molecular flexibility index (Phi) is 9.09. The fraction of sp³-hybridized carbons (Fsp3) is 1.00. The highest BCUT2D eigenvalue weighted by Gasteiger charge is 2.50. The first kappa shape index (κ1) is 27.1. The van der Waals surface area contributed by atoms with E-state index >= 15 is 0 Å². The Morgan fingerprint density at radius 3 is 2.15 bits per heavy atom. The third-order valence-electron chi connectivity index (χ3n) is 7.24. The predicted octanol–water partition coefficient (Wildman–Crippen LogP) is -3.33. The van der Waals surface area contributed by atoms with Gasteiger partial charge in [0, 0.05) is 18.1 Å². The summed E-state index contributed by atoms with van der Waals surface area (Å²) in [5.41, 5.74) is 17.5. The van der Waals surface area contributed by atoms with Gasteiger partial charge in [0.1, 0.15) is 30.0 Å². The number of rotatable bonds is 7. The summed E-state index contributed by atoms with van der Waals surface area (Å²) in [4.78, 5) is 0. The van der Waals surface area contributed by atoms with Gasteiger partial charge in [0.05, 0.1) is 24.8 Å². The number of aliphatic hydroxyl groups is 3. The lowest BCUT2D eigenvalue weighted by Crippen LogP contribution is -2.68. The first-order valence-electron chi connectivity index (χ1n) is 11.8. The van der Waals surface area contributed by atoms with Gasteiger partial charge in [-0.3, -0.25) is 0 Å². The first-order valence-corrected chi connectivity index (χ1v) is 11.8. The molecule has 13 atom stereocenters. The second-order valence-electron chi connectivity index (χ2n) is 9.91. The molecule has 12 nitrogen and oxygen atoms in total. The molecule has 3 rings (SSSR count). The lowest BCUT2D eigenvalue weighted by atomic mass is 9.84. The van der Waals surface area contributed by atoms with Crippen molar-refractivity contribution >= 4 is 0 Å². The van der Waals surface area contributed by atoms with E-state index < -0.39 is 60.7 Å². The SMILES string of the molecule is CN[C@@H]1[C@@H](O)[C@H](O[C@@H]2[C@H](O)[C@H](O[C@@H]3O[C@H]([C@@H](C)NC)CC[C@@H]3N)[C@H](N)C[C@@H]2N)OC[C@]1(C)O. The molecule has 3 aliphatic rings. The Morgan fingerprint density at radius 1 is 0.970 bits per heavy atom. The average Bonchev–Trinajstić information content (AvgIpc) is 2.76. The minimum Gasteiger partial charge on any atom is -0.388 e. The van der Waals surface area contributed by atoms with Crippen molar-refractivity contribution < 1.29 is 34.3 Å². The van der Waals surface area contributed by atoms with Crippen molar-refractivity contribution in [2.75, 3.05) is 20.7 Å². The lowest BCUT2D eigenvalue weighted by Gasteiger charge is -2.48. The molecule has 0 bridgehead atoms. The summed E-state index contributed by atoms with van der Waals surface area (Å²) < 4.78 is 23.7. The molecule has 3 fully saturated rings. The van der Waals surface area contributed by atoms with Crippen LogP contribution in [-0.4, -0.2) is 115 Å². The standard InChI is InChI=1S/C21H43N5O7/c1-9(25-3)13-6-5-10(22)19(31-13)32-16-11(23)7-12(24)17(14(16)27)33-20-15(28)18(26-4)21(2,29)8-30-20/h9-20,25-29H,5-8,22-24H2,1-4H3/t9-,10+,11-,12+,13+,14-,15-,16-,17+,18-,19+,20+,21+/m1/s1. The van der Waals surface area contributed by atoms with Crippen LogP contribution in [0.2, 0.25) is 0 Å². The van der Waals surface area contributed by atoms with E-state index in [-0.39, 0.29) is 24.8 Å². The summed E-state index contributed by atoms with van der Waals surface area (Å²) in [7, 11) is 3.49. The topological polar surface area (TPSA) is 200 Å². The van der Waals surface area contributed by atoms with Crippen LogP contribution >= 0.6 is 0 Å². The van der Waals surface area contributed by atoms with Crippen molar-refractivity contribution in [2.45, 2.75) is 112 Å². The first-order chi connectivity index (χ1) is 15.5. The van der Waals surface area contributed by atoms with E-state index in [1.807, 2.05) is 14.0 Å². The molecule has 2 heterocycles. The molecule has 1 saturated carbocycles. The van der Waals surface area contributed by atoms with Crippen LogP contribution in [0.4, 0.5) is 0 Å². The fourth-order valence-corrected chi connectivity index (χ4v) is 5.04. The van der Waals surface area contributed by atoms with Crippen LogP contribution in [-0.2, 0) is 18.9 Å². The molecule has 194 valence electrons. The molecule has 33 heavy (non-hydrogen) atoms. The Bertz CT molecular complexity index is 632. The second kappa shape index (κ2) is 11.1. The summed E-state index contributed by atoms with van der Waals surface area (Å²) in [5.74, 6) is 0. The van der Waals surface area contributed by atoms with E-state index in [4.69, 9.17) is 36.1 Å². The second-order valence-corrected chi connectivity index (χ2v) is 9.91. The van der Waals surface area contributed by atoms with Crippen molar-refractivity contribution in [2.24, 2.45) is 17.2 Å². The number of likely N-dealkylation sites (N-methyl/N-ethyl adjacent to an activating group) is 2. The molecule has 0 aromatic rings. The summed E-state index contributed by atoms with van der Waals surface area (Å²) in [6.07, 6.45) is -4.22. The van der Waals surface area contributed by atoms with Crippen LogP contribution in [0.5, 0.6) is 0 Å². The molecular weight excluding hydrogens is 434 g/mol. The Labute approximate surface area is 195 Å². The third kappa shape index (κ3) is 5.85. The molecule has 2 aliphatic heterocycles. The van der Waals surface area contributed by atoms with E-state index in [1.165, 1.54) is 0 Å². The molecule has 0 unspecified atom stereocenters. The van der Waals surface area contributed by atoms with Gasteiger partial charge in [0.2, 0.25) is 0 Å². The van der Waals surface area contributed by atoms with Crippen LogP contribution in [0.1, 0.15) is 33.1 Å². The van der Waals surface area contributed by atoms with E-state index in [0.29, 0.717) is 12.8 Å². The molecule has 0 amide bonds. The average molecular weight is 478 g/mol. The van der Waals surface area contributed by atoms with Gasteiger partial charge in [-0.25, -0.2) is 0 Å². The molecule has 0 radical (unpaired) electrons. The third-order valence-corrected chi connectivity index (χ3v) is 7.24. The Balaban J connectivity index is 1.68. The van der Waals surface area contributed by atoms with Gasteiger partial charge in [-0.15, -0.1) is 0 Å². The molecular formula is C21H43N5O7. The number of aliphatic hydroxyl groups excluding tert-OH is 2. The largest absolute Gasteiger partial charge is 0.388 e. The van der Waals surface area contributed by atoms with Gasteiger partial charge < -0.3 is 62.1 Å². The normalized spacial score (nSPS) is 50.2. The monoisotopic (exact) mass is 477 g/mol. The minimum atomic E-state index is -1.29. The zero-order valence-corrected chi connectivity index (χ0v) is 20.0. The van der Waals surface area contributed by atoms with E-state index in [9.17, 15) is 15.3 Å². The Hall–Kier alpha value is -0.480. The van der Waals surface area contributed by atoms with Crippen LogP contribution in [0.25, 0.3) is 0 Å². The zero-order chi connectivity index (χ0) is 24.5. The van der Waals surface area contributed by atoms with Crippen LogP contribution in [0, 0.1) is 0 Å². The lowest BCUT2D eigenvalue weighted by molar-refractivity contribution is -0.307. The summed E-state index contributed by atoms with van der Waals surface area (Å²) in [6, 6.07) is -2.11. The van der Waals surface area contributed by atoms with Gasteiger partial charge in [0.15, 0.2) is 12.6 Å². The highest BCUT2D eigenvalue weighted by Crippen LogP contribution is 2.31. The maximum absolute atomic E-state index is 11.1. The summed E-state index contributed by atoms with van der Waals surface area (Å²) >= 11 is 0. The van der Waals surface area contributed by atoms with Crippen molar-refractivity contribution in [1.29, 1.82) is 0 Å². The van der Waals surface area contributed by atoms with E-state index in [1.54, 1.807) is 14.0 Å². The number of hydrogen-bond acceptors (Lipinski definition) is 12. The van der Waals surface area contributed by atoms with Gasteiger partial charge in [-0.2, -0.15) is 0 Å². The molecule has 11 N–H and O–H groups in total. The molecule has 0 aromatic carbocycles. The summed E-state index contributed by atoms with van der Waals surface area (Å²) in [6.45, 7) is 3.52. The number of nitrogens with two attached hydrogens (primary N) is 3. The summed E-state index contributed by atoms with van der Waals surface area (Å²) in [5, 5.41) is 38.3.